The molecule has 0 aliphatic carbocycles. The molecule has 0 unspecified atom stereocenters. The molecule has 0 atom stereocenters. The number of hydrogen-bond donors (Lipinski definition) is 2. The number of benzene rings is 2. The van der Waals surface area contributed by atoms with E-state index < -0.39 is 15.3 Å². The van der Waals surface area contributed by atoms with Crippen molar-refractivity contribution in [1.29, 1.82) is 0 Å². The van der Waals surface area contributed by atoms with Crippen LogP contribution in [0.15, 0.2) is 57.8 Å². The number of anilines is 1. The molecule has 2 aromatic rings. The van der Waals surface area contributed by atoms with Crippen LogP contribution in [0.5, 0.6) is 5.75 Å². The number of ether oxygens (including phenoxy) is 1. The molecular weight excluding hydrogens is 398 g/mol. The molecule has 3 N–H and O–H groups in total. The predicted octanol–water partition coefficient (Wildman–Crippen LogP) is 3.36. The van der Waals surface area contributed by atoms with Gasteiger partial charge in [0.15, 0.2) is 0 Å². The van der Waals surface area contributed by atoms with Crippen LogP contribution in [0.4, 0.5) is 10.5 Å². The summed E-state index contributed by atoms with van der Waals surface area (Å²) in [4.78, 5) is 11.0. The number of nitrogens with two attached hydrogens (primary N) is 1. The molecule has 7 nitrogen and oxygen atoms in total. The lowest BCUT2D eigenvalue weighted by Gasteiger charge is -2.10. The van der Waals surface area contributed by atoms with Crippen LogP contribution in [0.25, 0.3) is 0 Å². The summed E-state index contributed by atoms with van der Waals surface area (Å²) in [6, 6.07) is 12.4. The van der Waals surface area contributed by atoms with E-state index in [4.69, 9.17) is 22.1 Å². The number of thioether (sulfide) groups is 1. The summed E-state index contributed by atoms with van der Waals surface area (Å²) in [6.07, 6.45) is 0. The van der Waals surface area contributed by atoms with Crippen molar-refractivity contribution < 1.29 is 17.9 Å². The zero-order valence-electron chi connectivity index (χ0n) is 13.7. The number of hydrogen-bond acceptors (Lipinski definition) is 5. The van der Waals surface area contributed by atoms with E-state index in [1.165, 1.54) is 31.4 Å². The molecule has 10 heteroatoms. The molecule has 0 saturated heterocycles. The van der Waals surface area contributed by atoms with Crippen LogP contribution < -0.4 is 15.8 Å². The summed E-state index contributed by atoms with van der Waals surface area (Å²) in [5.41, 5.74) is 5.71. The van der Waals surface area contributed by atoms with Gasteiger partial charge in [0.05, 0.1) is 17.8 Å². The predicted molar refractivity (Wildman–Crippen MR) is 105 cm³/mol. The smallest absolute Gasteiger partial charge is 0.283 e. The summed E-state index contributed by atoms with van der Waals surface area (Å²) in [7, 11) is -2.44. The van der Waals surface area contributed by atoms with Gasteiger partial charge in [0.2, 0.25) is 0 Å². The molecule has 0 spiro atoms. The van der Waals surface area contributed by atoms with Crippen molar-refractivity contribution in [3.8, 4) is 5.75 Å². The second kappa shape index (κ2) is 8.93. The van der Waals surface area contributed by atoms with Crippen molar-refractivity contribution in [3.05, 3.63) is 53.6 Å². The first-order valence-electron chi connectivity index (χ1n) is 7.23. The van der Waals surface area contributed by atoms with Crippen LogP contribution in [0.3, 0.4) is 0 Å². The maximum atomic E-state index is 12.5. The minimum Gasteiger partial charge on any atom is -0.497 e. The molecule has 26 heavy (non-hydrogen) atoms. The molecule has 0 bridgehead atoms. The van der Waals surface area contributed by atoms with Crippen molar-refractivity contribution in [3.63, 3.8) is 0 Å². The molecule has 0 saturated carbocycles. The average Bonchev–Trinajstić information content (AvgIpc) is 2.60. The van der Waals surface area contributed by atoms with E-state index in [2.05, 4.69) is 9.71 Å². The SMILES string of the molecule is COc1ccc(N/C(CSC(N)=O)=N\S(=O)(=O)c2ccc(Cl)cc2)cc1. The number of amides is 1. The molecule has 0 aromatic heterocycles. The number of halogens is 1. The molecule has 0 fully saturated rings. The van der Waals surface area contributed by atoms with E-state index >= 15 is 0 Å². The lowest BCUT2D eigenvalue weighted by molar-refractivity contribution is 0.267. The third-order valence-electron chi connectivity index (χ3n) is 3.07. The Labute approximate surface area is 160 Å². The molecule has 1 amide bonds. The Hall–Kier alpha value is -2.23. The van der Waals surface area contributed by atoms with E-state index in [1.54, 1.807) is 24.3 Å². The second-order valence-corrected chi connectivity index (χ2v) is 7.95. The number of carbonyl (C=O) groups is 1. The van der Waals surface area contributed by atoms with Gasteiger partial charge < -0.3 is 15.8 Å². The largest absolute Gasteiger partial charge is 0.497 e. The topological polar surface area (TPSA) is 111 Å². The monoisotopic (exact) mass is 413 g/mol. The normalized spacial score (nSPS) is 11.8. The van der Waals surface area contributed by atoms with Crippen LogP contribution in [0.1, 0.15) is 0 Å². The number of carbonyl (C=O) groups excluding carboxylic acids is 1. The van der Waals surface area contributed by atoms with Gasteiger partial charge in [0, 0.05) is 10.7 Å². The zero-order chi connectivity index (χ0) is 19.2. The van der Waals surface area contributed by atoms with Crippen molar-refractivity contribution in [2.45, 2.75) is 4.90 Å². The standard InChI is InChI=1S/C16H16ClN3O4S2/c1-24-13-6-4-12(5-7-13)19-15(10-25-16(18)21)20-26(22,23)14-8-2-11(17)3-9-14/h2-9H,10H2,1H3,(H2,18,21)(H,19,20). The van der Waals surface area contributed by atoms with E-state index in [-0.39, 0.29) is 16.5 Å². The fraction of sp³-hybridized carbons (Fsp3) is 0.125. The van der Waals surface area contributed by atoms with Crippen LogP contribution in [0, 0.1) is 0 Å². The highest BCUT2D eigenvalue weighted by atomic mass is 35.5. The lowest BCUT2D eigenvalue weighted by atomic mass is 10.3. The Kier molecular flexibility index (Phi) is 6.90. The number of rotatable bonds is 6. The number of nitrogens with one attached hydrogen (secondary N) is 1. The van der Waals surface area contributed by atoms with Crippen molar-refractivity contribution in [1.82, 2.24) is 0 Å². The van der Waals surface area contributed by atoms with Crippen LogP contribution >= 0.6 is 23.4 Å². The second-order valence-electron chi connectivity index (χ2n) is 4.93. The molecule has 2 aromatic carbocycles. The lowest BCUT2D eigenvalue weighted by Crippen LogP contribution is -2.19. The molecular formula is C16H16ClN3O4S2. The Morgan fingerprint density at radius 1 is 1.19 bits per heavy atom. The molecule has 138 valence electrons. The van der Waals surface area contributed by atoms with Crippen molar-refractivity contribution >= 4 is 50.1 Å². The number of nitrogens with zero attached hydrogens (tertiary/aromatic N) is 1. The zero-order valence-corrected chi connectivity index (χ0v) is 16.1. The van der Waals surface area contributed by atoms with Crippen molar-refractivity contribution in [2.75, 3.05) is 18.2 Å². The van der Waals surface area contributed by atoms with Gasteiger partial charge in [-0.05, 0) is 48.5 Å². The van der Waals surface area contributed by atoms with Gasteiger partial charge in [-0.25, -0.2) is 0 Å². The molecule has 2 rings (SSSR count). The van der Waals surface area contributed by atoms with Gasteiger partial charge in [-0.1, -0.05) is 23.4 Å². The highest BCUT2D eigenvalue weighted by molar-refractivity contribution is 8.14. The highest BCUT2D eigenvalue weighted by Crippen LogP contribution is 2.19. The summed E-state index contributed by atoms with van der Waals surface area (Å²) in [5.74, 6) is 0.678. The van der Waals surface area contributed by atoms with Gasteiger partial charge in [0.25, 0.3) is 15.3 Å². The summed E-state index contributed by atoms with van der Waals surface area (Å²) in [6.45, 7) is 0. The third kappa shape index (κ3) is 5.94. The summed E-state index contributed by atoms with van der Waals surface area (Å²) in [5, 5.41) is 2.65. The fourth-order valence-corrected chi connectivity index (χ4v) is 3.48. The highest BCUT2D eigenvalue weighted by Gasteiger charge is 2.15. The van der Waals surface area contributed by atoms with Gasteiger partial charge in [-0.3, -0.25) is 4.79 Å². The first-order valence-corrected chi connectivity index (χ1v) is 10.0. The Bertz CT molecular complexity index is 898. The fourth-order valence-electron chi connectivity index (χ4n) is 1.87. The molecule has 0 aliphatic rings. The maximum Gasteiger partial charge on any atom is 0.283 e. The van der Waals surface area contributed by atoms with Crippen LogP contribution in [0.2, 0.25) is 5.02 Å². The van der Waals surface area contributed by atoms with E-state index in [1.807, 2.05) is 0 Å². The van der Waals surface area contributed by atoms with Crippen molar-refractivity contribution in [2.24, 2.45) is 10.1 Å². The Morgan fingerprint density at radius 3 is 2.35 bits per heavy atom. The van der Waals surface area contributed by atoms with Gasteiger partial charge in [0.1, 0.15) is 11.6 Å². The summed E-state index contributed by atoms with van der Waals surface area (Å²) < 4.78 is 33.8. The quantitative estimate of drug-likeness (QED) is 0.554. The van der Waals surface area contributed by atoms with E-state index in [9.17, 15) is 13.2 Å². The van der Waals surface area contributed by atoms with E-state index in [0.717, 1.165) is 11.8 Å². The Balaban J connectivity index is 2.30. The number of primary amides is 1. The summed E-state index contributed by atoms with van der Waals surface area (Å²) >= 11 is 6.52. The first kappa shape index (κ1) is 20.1. The molecule has 0 heterocycles. The molecule has 0 radical (unpaired) electrons. The number of amidine groups is 1. The van der Waals surface area contributed by atoms with Gasteiger partial charge in [-0.2, -0.15) is 8.42 Å². The molecule has 0 aliphatic heterocycles. The van der Waals surface area contributed by atoms with Gasteiger partial charge >= 0.3 is 0 Å². The minimum absolute atomic E-state index is 0.0139. The van der Waals surface area contributed by atoms with Gasteiger partial charge in [-0.15, -0.1) is 4.40 Å². The number of sulfonamides is 1. The van der Waals surface area contributed by atoms with Crippen LogP contribution in [-0.2, 0) is 10.0 Å². The Morgan fingerprint density at radius 2 is 1.81 bits per heavy atom. The minimum atomic E-state index is -3.98. The average molecular weight is 414 g/mol. The van der Waals surface area contributed by atoms with E-state index in [0.29, 0.717) is 16.5 Å². The first-order chi connectivity index (χ1) is 12.3. The van der Waals surface area contributed by atoms with Crippen LogP contribution in [-0.4, -0.2) is 32.4 Å². The number of methoxy groups -OCH3 is 1. The third-order valence-corrected chi connectivity index (χ3v) is 5.35. The maximum absolute atomic E-state index is 12.5.